The molecule has 1 aliphatic rings. The predicted octanol–water partition coefficient (Wildman–Crippen LogP) is 4.82. The summed E-state index contributed by atoms with van der Waals surface area (Å²) in [4.78, 5) is 31.8. The molecule has 4 rings (SSSR count). The van der Waals surface area contributed by atoms with E-state index in [1.807, 2.05) is 0 Å². The number of aryl methyl sites for hydroxylation is 2. The molecule has 1 amide bonds. The van der Waals surface area contributed by atoms with Crippen LogP contribution in [0.25, 0.3) is 0 Å². The molecule has 0 saturated heterocycles. The van der Waals surface area contributed by atoms with Crippen molar-refractivity contribution >= 4 is 28.7 Å². The number of Topliss-reactive ketones (excluding diaryl/α,β-unsaturated/α-hetero) is 1. The van der Waals surface area contributed by atoms with Gasteiger partial charge in [-0.1, -0.05) is 24.3 Å². The van der Waals surface area contributed by atoms with Crippen molar-refractivity contribution < 1.29 is 23.5 Å². The van der Waals surface area contributed by atoms with E-state index in [2.05, 4.69) is 4.98 Å². The third kappa shape index (κ3) is 3.19. The Labute approximate surface area is 174 Å². The van der Waals surface area contributed by atoms with Crippen molar-refractivity contribution in [1.82, 2.24) is 4.98 Å². The van der Waals surface area contributed by atoms with Gasteiger partial charge in [0.15, 0.2) is 5.76 Å². The van der Waals surface area contributed by atoms with Crippen LogP contribution in [0.2, 0.25) is 0 Å². The molecule has 0 fully saturated rings. The van der Waals surface area contributed by atoms with Gasteiger partial charge in [-0.25, -0.2) is 13.8 Å². The number of hydrogen-bond donors (Lipinski definition) is 1. The van der Waals surface area contributed by atoms with Gasteiger partial charge < -0.3 is 5.11 Å². The first-order chi connectivity index (χ1) is 14.3. The van der Waals surface area contributed by atoms with E-state index in [4.69, 9.17) is 0 Å². The van der Waals surface area contributed by atoms with Gasteiger partial charge in [-0.3, -0.25) is 14.5 Å². The Morgan fingerprint density at radius 3 is 2.50 bits per heavy atom. The van der Waals surface area contributed by atoms with Gasteiger partial charge in [0.05, 0.1) is 27.2 Å². The molecule has 1 aromatic heterocycles. The Bertz CT molecular complexity index is 1220. The lowest BCUT2D eigenvalue weighted by Gasteiger charge is -2.27. The van der Waals surface area contributed by atoms with Crippen molar-refractivity contribution in [3.63, 3.8) is 0 Å². The molecule has 1 aliphatic heterocycles. The lowest BCUT2D eigenvalue weighted by Crippen LogP contribution is -2.31. The van der Waals surface area contributed by atoms with Crippen molar-refractivity contribution in [2.45, 2.75) is 19.9 Å². The number of aliphatic hydroxyl groups excluding tert-OH is 1. The largest absolute Gasteiger partial charge is 0.503 e. The van der Waals surface area contributed by atoms with Crippen LogP contribution in [0.5, 0.6) is 0 Å². The summed E-state index contributed by atoms with van der Waals surface area (Å²) in [5, 5.41) is 11.3. The molecule has 152 valence electrons. The molecule has 1 atom stereocenters. The fourth-order valence-electron chi connectivity index (χ4n) is 3.58. The summed E-state index contributed by atoms with van der Waals surface area (Å²) in [7, 11) is 0. The number of hydrogen-bond acceptors (Lipinski definition) is 5. The Kier molecular flexibility index (Phi) is 4.95. The van der Waals surface area contributed by atoms with Crippen molar-refractivity contribution in [1.29, 1.82) is 0 Å². The number of aliphatic hydroxyl groups is 1. The molecule has 5 nitrogen and oxygen atoms in total. The van der Waals surface area contributed by atoms with Gasteiger partial charge in [0.1, 0.15) is 11.6 Å². The molecule has 1 N–H and O–H groups in total. The molecule has 2 aromatic carbocycles. The van der Waals surface area contributed by atoms with Crippen LogP contribution in [0.4, 0.5) is 14.5 Å². The molecule has 0 spiro atoms. The number of benzene rings is 2. The van der Waals surface area contributed by atoms with Gasteiger partial charge in [-0.15, -0.1) is 11.3 Å². The number of nitrogens with zero attached hydrogens (tertiary/aromatic N) is 2. The standard InChI is InChI=1S/C22H16F2N2O3S/c1-11-21(30-12(2)25-11)19(27)17-18(15-8-3-4-9-16(15)24)26(22(29)20(17)28)14-7-5-6-13(23)10-14/h3-10,18,28H,1-2H3. The Morgan fingerprint density at radius 2 is 1.87 bits per heavy atom. The van der Waals surface area contributed by atoms with Gasteiger partial charge in [0.25, 0.3) is 5.91 Å². The van der Waals surface area contributed by atoms with Gasteiger partial charge in [-0.2, -0.15) is 0 Å². The van der Waals surface area contributed by atoms with E-state index in [-0.39, 0.29) is 21.7 Å². The zero-order chi connectivity index (χ0) is 21.6. The smallest absolute Gasteiger partial charge is 0.294 e. The third-order valence-electron chi connectivity index (χ3n) is 4.85. The monoisotopic (exact) mass is 426 g/mol. The topological polar surface area (TPSA) is 70.5 Å². The number of amides is 1. The molecule has 2 heterocycles. The quantitative estimate of drug-likeness (QED) is 0.607. The number of carbonyl (C=O) groups excluding carboxylic acids is 2. The second-order valence-corrected chi connectivity index (χ2v) is 8.02. The summed E-state index contributed by atoms with van der Waals surface area (Å²) in [5.74, 6) is -3.58. The maximum atomic E-state index is 14.7. The van der Waals surface area contributed by atoms with Gasteiger partial charge in [0, 0.05) is 11.3 Å². The Morgan fingerprint density at radius 1 is 1.13 bits per heavy atom. The Hall–Kier alpha value is -3.39. The van der Waals surface area contributed by atoms with Crippen LogP contribution in [-0.2, 0) is 4.79 Å². The highest BCUT2D eigenvalue weighted by molar-refractivity contribution is 7.14. The van der Waals surface area contributed by atoms with Gasteiger partial charge in [-0.05, 0) is 38.1 Å². The number of carbonyl (C=O) groups is 2. The first-order valence-corrected chi connectivity index (χ1v) is 9.86. The third-order valence-corrected chi connectivity index (χ3v) is 5.92. The molecule has 1 unspecified atom stereocenters. The number of aromatic nitrogens is 1. The zero-order valence-electron chi connectivity index (χ0n) is 16.0. The molecule has 3 aromatic rings. The highest BCUT2D eigenvalue weighted by atomic mass is 32.1. The highest BCUT2D eigenvalue weighted by Crippen LogP contribution is 2.43. The van der Waals surface area contributed by atoms with E-state index in [0.717, 1.165) is 22.3 Å². The molecular formula is C22H16F2N2O3S. The summed E-state index contributed by atoms with van der Waals surface area (Å²) in [6, 6.07) is 9.55. The van der Waals surface area contributed by atoms with E-state index in [0.29, 0.717) is 10.7 Å². The molecule has 8 heteroatoms. The van der Waals surface area contributed by atoms with Crippen LogP contribution in [0.15, 0.2) is 59.9 Å². The molecule has 0 saturated carbocycles. The summed E-state index contributed by atoms with van der Waals surface area (Å²) in [6.45, 7) is 3.38. The lowest BCUT2D eigenvalue weighted by atomic mass is 9.94. The molecule has 30 heavy (non-hydrogen) atoms. The maximum absolute atomic E-state index is 14.7. The van der Waals surface area contributed by atoms with E-state index < -0.39 is 35.1 Å². The van der Waals surface area contributed by atoms with Crippen LogP contribution in [0, 0.1) is 25.5 Å². The average Bonchev–Trinajstić information content (AvgIpc) is 3.17. The van der Waals surface area contributed by atoms with Crippen molar-refractivity contribution in [3.8, 4) is 0 Å². The SMILES string of the molecule is Cc1nc(C)c(C(=O)C2=C(O)C(=O)N(c3cccc(F)c3)C2c2ccccc2F)s1. The lowest BCUT2D eigenvalue weighted by molar-refractivity contribution is -0.117. The molecule has 0 aliphatic carbocycles. The van der Waals surface area contributed by atoms with Crippen molar-refractivity contribution in [2.75, 3.05) is 4.90 Å². The normalized spacial score (nSPS) is 16.5. The summed E-state index contributed by atoms with van der Waals surface area (Å²) in [5.41, 5.74) is 0.300. The fraction of sp³-hybridized carbons (Fsp3) is 0.136. The number of thiazole rings is 1. The van der Waals surface area contributed by atoms with Crippen LogP contribution in [0.1, 0.15) is 32.0 Å². The van der Waals surface area contributed by atoms with E-state index in [9.17, 15) is 23.5 Å². The number of rotatable bonds is 4. The van der Waals surface area contributed by atoms with Crippen LogP contribution in [-0.4, -0.2) is 21.8 Å². The summed E-state index contributed by atoms with van der Waals surface area (Å²) < 4.78 is 28.6. The Balaban J connectivity index is 1.93. The van der Waals surface area contributed by atoms with Crippen molar-refractivity contribution in [3.05, 3.63) is 92.6 Å². The van der Waals surface area contributed by atoms with Crippen molar-refractivity contribution in [2.24, 2.45) is 0 Å². The fourth-order valence-corrected chi connectivity index (χ4v) is 4.46. The minimum atomic E-state index is -1.25. The first kappa shape index (κ1) is 19.9. The van der Waals surface area contributed by atoms with E-state index in [1.54, 1.807) is 19.9 Å². The summed E-state index contributed by atoms with van der Waals surface area (Å²) in [6.07, 6.45) is 0. The minimum Gasteiger partial charge on any atom is -0.503 e. The van der Waals surface area contributed by atoms with Gasteiger partial charge in [0.2, 0.25) is 5.78 Å². The molecular weight excluding hydrogens is 410 g/mol. The number of ketones is 1. The maximum Gasteiger partial charge on any atom is 0.294 e. The van der Waals surface area contributed by atoms with Crippen LogP contribution in [0.3, 0.4) is 0 Å². The average molecular weight is 426 g/mol. The zero-order valence-corrected chi connectivity index (χ0v) is 16.8. The van der Waals surface area contributed by atoms with E-state index >= 15 is 0 Å². The first-order valence-electron chi connectivity index (χ1n) is 9.05. The van der Waals surface area contributed by atoms with Gasteiger partial charge >= 0.3 is 0 Å². The summed E-state index contributed by atoms with van der Waals surface area (Å²) >= 11 is 1.12. The predicted molar refractivity (Wildman–Crippen MR) is 109 cm³/mol. The number of anilines is 1. The van der Waals surface area contributed by atoms with Crippen LogP contribution < -0.4 is 4.90 Å². The molecule has 0 radical (unpaired) electrons. The minimum absolute atomic E-state index is 0.0152. The second-order valence-electron chi connectivity index (χ2n) is 6.82. The highest BCUT2D eigenvalue weighted by Gasteiger charge is 2.46. The van der Waals surface area contributed by atoms with E-state index in [1.165, 1.54) is 36.4 Å². The number of halogens is 2. The molecule has 0 bridgehead atoms. The van der Waals surface area contributed by atoms with Crippen LogP contribution >= 0.6 is 11.3 Å². The second kappa shape index (κ2) is 7.46.